The van der Waals surface area contributed by atoms with Gasteiger partial charge in [-0.1, -0.05) is 11.6 Å². The number of rotatable bonds is 4. The van der Waals surface area contributed by atoms with Gasteiger partial charge in [-0.2, -0.15) is 0 Å². The van der Waals surface area contributed by atoms with Gasteiger partial charge in [-0.15, -0.1) is 0 Å². The minimum atomic E-state index is -4.05. The van der Waals surface area contributed by atoms with Crippen LogP contribution in [0.25, 0.3) is 10.9 Å². The lowest BCUT2D eigenvalue weighted by molar-refractivity contribution is 0.128. The van der Waals surface area contributed by atoms with E-state index in [0.29, 0.717) is 5.02 Å². The summed E-state index contributed by atoms with van der Waals surface area (Å²) in [4.78, 5) is 4.53. The maximum Gasteiger partial charge on any atom is 0.268 e. The van der Waals surface area contributed by atoms with Gasteiger partial charge in [0.2, 0.25) is 0 Å². The van der Waals surface area contributed by atoms with Crippen molar-refractivity contribution in [3.05, 3.63) is 59.2 Å². The summed E-state index contributed by atoms with van der Waals surface area (Å²) >= 11 is 5.87. The summed E-state index contributed by atoms with van der Waals surface area (Å²) in [6.07, 6.45) is -1.77. The van der Waals surface area contributed by atoms with Gasteiger partial charge in [0.25, 0.3) is 16.4 Å². The number of hydrogen-bond donors (Lipinski definition) is 0. The Hall–Kier alpha value is -2.16. The Kier molecular flexibility index (Phi) is 5.98. The van der Waals surface area contributed by atoms with Gasteiger partial charge in [0.05, 0.1) is 10.4 Å². The molecule has 0 spiro atoms. The maximum atomic E-state index is 13.9. The molecule has 32 heavy (non-hydrogen) atoms. The zero-order valence-corrected chi connectivity index (χ0v) is 19.8. The summed E-state index contributed by atoms with van der Waals surface area (Å²) in [6, 6.07) is 10.8. The molecule has 0 aliphatic carbocycles. The number of alkyl halides is 2. The maximum absolute atomic E-state index is 13.9. The molecule has 0 unspecified atom stereocenters. The van der Waals surface area contributed by atoms with Crippen LogP contribution >= 0.6 is 11.6 Å². The second-order valence-corrected chi connectivity index (χ2v) is 11.2. The number of aromatic nitrogens is 1. The van der Waals surface area contributed by atoms with E-state index in [-0.39, 0.29) is 26.9 Å². The van der Waals surface area contributed by atoms with Crippen LogP contribution in [0.15, 0.2) is 53.6 Å². The third-order valence-corrected chi connectivity index (χ3v) is 7.92. The highest BCUT2D eigenvalue weighted by molar-refractivity contribution is 7.90. The van der Waals surface area contributed by atoms with Crippen molar-refractivity contribution in [2.45, 2.75) is 37.6 Å². The summed E-state index contributed by atoms with van der Waals surface area (Å²) in [7, 11) is -4.05. The summed E-state index contributed by atoms with van der Waals surface area (Å²) in [5, 5.41) is 0.638. The van der Waals surface area contributed by atoms with Gasteiger partial charge in [0.1, 0.15) is 0 Å². The van der Waals surface area contributed by atoms with E-state index in [2.05, 4.69) is 30.6 Å². The van der Waals surface area contributed by atoms with Crippen molar-refractivity contribution < 1.29 is 17.2 Å². The quantitative estimate of drug-likeness (QED) is 0.501. The van der Waals surface area contributed by atoms with Gasteiger partial charge in [0.15, 0.2) is 0 Å². The fraction of sp³-hybridized carbons (Fsp3) is 0.391. The SMILES string of the molecule is CC(C)(C)N1CCN(c2ccc3c(c2)c(C(F)F)cn3S(=O)(=O)c2ccc(Cl)cc2)CC1. The molecule has 1 saturated heterocycles. The van der Waals surface area contributed by atoms with E-state index in [0.717, 1.165) is 42.0 Å². The van der Waals surface area contributed by atoms with Crippen molar-refractivity contribution in [3.63, 3.8) is 0 Å². The second-order valence-electron chi connectivity index (χ2n) is 8.99. The van der Waals surface area contributed by atoms with Crippen molar-refractivity contribution in [1.82, 2.24) is 8.87 Å². The van der Waals surface area contributed by atoms with E-state index in [1.165, 1.54) is 24.3 Å². The van der Waals surface area contributed by atoms with Crippen LogP contribution in [0.3, 0.4) is 0 Å². The Morgan fingerprint density at radius 2 is 1.59 bits per heavy atom. The molecule has 0 radical (unpaired) electrons. The highest BCUT2D eigenvalue weighted by atomic mass is 35.5. The molecule has 1 aromatic heterocycles. The highest BCUT2D eigenvalue weighted by Crippen LogP contribution is 2.35. The van der Waals surface area contributed by atoms with Crippen LogP contribution in [0, 0.1) is 0 Å². The largest absolute Gasteiger partial charge is 0.369 e. The fourth-order valence-corrected chi connectivity index (χ4v) is 5.64. The molecule has 1 aliphatic heterocycles. The molecule has 0 bridgehead atoms. The molecule has 5 nitrogen and oxygen atoms in total. The number of halogens is 3. The third kappa shape index (κ3) is 4.23. The lowest BCUT2D eigenvalue weighted by Crippen LogP contribution is -2.53. The van der Waals surface area contributed by atoms with E-state index < -0.39 is 16.4 Å². The van der Waals surface area contributed by atoms with Gasteiger partial charge in [-0.25, -0.2) is 21.2 Å². The van der Waals surface area contributed by atoms with E-state index in [1.807, 2.05) is 0 Å². The number of piperazine rings is 1. The molecule has 0 amide bonds. The Labute approximate surface area is 192 Å². The molecule has 1 fully saturated rings. The minimum Gasteiger partial charge on any atom is -0.369 e. The lowest BCUT2D eigenvalue weighted by atomic mass is 10.0. The van der Waals surface area contributed by atoms with Crippen LogP contribution < -0.4 is 4.90 Å². The lowest BCUT2D eigenvalue weighted by Gasteiger charge is -2.43. The van der Waals surface area contributed by atoms with E-state index in [9.17, 15) is 17.2 Å². The number of fused-ring (bicyclic) bond motifs is 1. The van der Waals surface area contributed by atoms with Gasteiger partial charge in [0, 0.05) is 59.6 Å². The van der Waals surface area contributed by atoms with Crippen LogP contribution in [-0.2, 0) is 10.0 Å². The summed E-state index contributed by atoms with van der Waals surface area (Å²) < 4.78 is 55.0. The van der Waals surface area contributed by atoms with Crippen LogP contribution in [0.1, 0.15) is 32.8 Å². The zero-order chi connectivity index (χ0) is 23.3. The number of anilines is 1. The molecule has 0 atom stereocenters. The summed E-state index contributed by atoms with van der Waals surface area (Å²) in [5.41, 5.74) is 0.821. The first-order valence-electron chi connectivity index (χ1n) is 10.4. The van der Waals surface area contributed by atoms with E-state index >= 15 is 0 Å². The van der Waals surface area contributed by atoms with Crippen LogP contribution in [0.2, 0.25) is 5.02 Å². The number of nitrogens with zero attached hydrogens (tertiary/aromatic N) is 3. The third-order valence-electron chi connectivity index (χ3n) is 5.98. The van der Waals surface area contributed by atoms with Gasteiger partial charge in [-0.05, 0) is 63.2 Å². The number of hydrogen-bond acceptors (Lipinski definition) is 4. The monoisotopic (exact) mass is 481 g/mol. The van der Waals surface area contributed by atoms with Gasteiger partial charge < -0.3 is 4.90 Å². The molecule has 0 N–H and O–H groups in total. The molecule has 2 heterocycles. The predicted octanol–water partition coefficient (Wildman–Crippen LogP) is 5.39. The first-order valence-corrected chi connectivity index (χ1v) is 12.2. The molecule has 1 aliphatic rings. The van der Waals surface area contributed by atoms with Gasteiger partial charge in [-0.3, -0.25) is 4.90 Å². The van der Waals surface area contributed by atoms with E-state index in [4.69, 9.17) is 11.6 Å². The van der Waals surface area contributed by atoms with Crippen LogP contribution in [0.4, 0.5) is 14.5 Å². The molecule has 9 heteroatoms. The van der Waals surface area contributed by atoms with Crippen LogP contribution in [0.5, 0.6) is 0 Å². The van der Waals surface area contributed by atoms with Crippen molar-refractivity contribution in [1.29, 1.82) is 0 Å². The first kappa shape index (κ1) is 23.0. The smallest absolute Gasteiger partial charge is 0.268 e. The fourth-order valence-electron chi connectivity index (χ4n) is 4.14. The Morgan fingerprint density at radius 1 is 0.969 bits per heavy atom. The normalized spacial score (nSPS) is 16.3. The van der Waals surface area contributed by atoms with Crippen LogP contribution in [-0.4, -0.2) is 49.0 Å². The second kappa shape index (κ2) is 8.32. The molecule has 4 rings (SSSR count). The van der Waals surface area contributed by atoms with Crippen molar-refractivity contribution in [2.24, 2.45) is 0 Å². The minimum absolute atomic E-state index is 0.0120. The van der Waals surface area contributed by atoms with Crippen molar-refractivity contribution in [2.75, 3.05) is 31.1 Å². The average molecular weight is 482 g/mol. The molecular formula is C23H26ClF2N3O2S. The summed E-state index contributed by atoms with van der Waals surface area (Å²) in [5.74, 6) is 0. The first-order chi connectivity index (χ1) is 15.0. The van der Waals surface area contributed by atoms with Crippen molar-refractivity contribution in [3.8, 4) is 0 Å². The number of benzene rings is 2. The Balaban J connectivity index is 1.73. The average Bonchev–Trinajstić information content (AvgIpc) is 3.13. The van der Waals surface area contributed by atoms with E-state index in [1.54, 1.807) is 18.2 Å². The highest BCUT2D eigenvalue weighted by Gasteiger charge is 2.28. The summed E-state index contributed by atoms with van der Waals surface area (Å²) in [6.45, 7) is 9.81. The Bertz CT molecular complexity index is 1230. The standard InChI is InChI=1S/C23H26ClF2N3O2S/c1-23(2,3)28-12-10-27(11-13-28)17-6-9-21-19(14-17)20(22(25)26)15-29(21)32(30,31)18-7-4-16(24)5-8-18/h4-9,14-15,22H,10-13H2,1-3H3. The molecule has 0 saturated carbocycles. The topological polar surface area (TPSA) is 45.5 Å². The molecular weight excluding hydrogens is 456 g/mol. The Morgan fingerprint density at radius 3 is 2.16 bits per heavy atom. The molecule has 2 aromatic carbocycles. The molecule has 172 valence electrons. The predicted molar refractivity (Wildman–Crippen MR) is 124 cm³/mol. The van der Waals surface area contributed by atoms with Gasteiger partial charge >= 0.3 is 0 Å². The molecule has 3 aromatic rings. The zero-order valence-electron chi connectivity index (χ0n) is 18.2. The van der Waals surface area contributed by atoms with Crippen molar-refractivity contribution >= 4 is 38.2 Å².